The fraction of sp³-hybridized carbons (Fsp3) is 0.562. The number of nitrogens with zero attached hydrogens (tertiary/aromatic N) is 1. The number of aromatic carboxylic acids is 1. The van der Waals surface area contributed by atoms with E-state index in [0.29, 0.717) is 18.2 Å². The number of aliphatic hydroxyl groups excluding tert-OH is 1. The molecule has 2 rings (SSSR count). The lowest BCUT2D eigenvalue weighted by atomic mass is 9.94. The fourth-order valence-electron chi connectivity index (χ4n) is 2.95. The number of hydrogen-bond acceptors (Lipinski definition) is 3. The molecule has 0 aliphatic heterocycles. The van der Waals surface area contributed by atoms with Gasteiger partial charge in [0.1, 0.15) is 0 Å². The third-order valence-electron chi connectivity index (χ3n) is 4.06. The van der Waals surface area contributed by atoms with Crippen LogP contribution in [-0.4, -0.2) is 40.3 Å². The van der Waals surface area contributed by atoms with Crippen LogP contribution in [0.15, 0.2) is 24.3 Å². The summed E-state index contributed by atoms with van der Waals surface area (Å²) in [6.07, 6.45) is 6.26. The molecule has 4 nitrogen and oxygen atoms in total. The Morgan fingerprint density at radius 3 is 2.35 bits per heavy atom. The highest BCUT2D eigenvalue weighted by Crippen LogP contribution is 2.24. The minimum atomic E-state index is -0.893. The molecule has 0 unspecified atom stereocenters. The molecule has 0 amide bonds. The van der Waals surface area contributed by atoms with E-state index in [4.69, 9.17) is 5.11 Å². The number of rotatable bonds is 6. The third-order valence-corrected chi connectivity index (χ3v) is 4.06. The van der Waals surface area contributed by atoms with E-state index < -0.39 is 5.97 Å². The predicted octanol–water partition coefficient (Wildman–Crippen LogP) is 2.51. The number of carbonyl (C=O) groups is 1. The van der Waals surface area contributed by atoms with Crippen LogP contribution in [0.2, 0.25) is 0 Å². The second-order valence-electron chi connectivity index (χ2n) is 5.49. The predicted molar refractivity (Wildman–Crippen MR) is 77.8 cm³/mol. The van der Waals surface area contributed by atoms with E-state index in [1.54, 1.807) is 12.1 Å². The van der Waals surface area contributed by atoms with Gasteiger partial charge >= 0.3 is 5.97 Å². The van der Waals surface area contributed by atoms with Crippen molar-refractivity contribution < 1.29 is 15.0 Å². The minimum Gasteiger partial charge on any atom is -0.478 e. The first kappa shape index (κ1) is 15.0. The summed E-state index contributed by atoms with van der Waals surface area (Å²) in [7, 11) is 0. The molecule has 1 aromatic carbocycles. The summed E-state index contributed by atoms with van der Waals surface area (Å²) in [5, 5.41) is 18.1. The molecular weight excluding hydrogens is 254 g/mol. The molecular formula is C16H23NO3. The summed E-state index contributed by atoms with van der Waals surface area (Å²) in [6.45, 7) is 1.64. The molecule has 0 aromatic heterocycles. The molecule has 20 heavy (non-hydrogen) atoms. The molecule has 0 bridgehead atoms. The van der Waals surface area contributed by atoms with Gasteiger partial charge in [0.25, 0.3) is 0 Å². The Kier molecular flexibility index (Phi) is 5.56. The molecule has 1 aliphatic carbocycles. The minimum absolute atomic E-state index is 0.170. The maximum atomic E-state index is 10.8. The van der Waals surface area contributed by atoms with Gasteiger partial charge in [-0.25, -0.2) is 4.79 Å². The largest absolute Gasteiger partial charge is 0.478 e. The van der Waals surface area contributed by atoms with Crippen LogP contribution in [0.3, 0.4) is 0 Å². The highest BCUT2D eigenvalue weighted by molar-refractivity contribution is 5.87. The Hall–Kier alpha value is -1.39. The lowest BCUT2D eigenvalue weighted by Crippen LogP contribution is -2.38. The van der Waals surface area contributed by atoms with Crippen molar-refractivity contribution in [3.63, 3.8) is 0 Å². The van der Waals surface area contributed by atoms with E-state index in [9.17, 15) is 9.90 Å². The number of hydrogen-bond donors (Lipinski definition) is 2. The van der Waals surface area contributed by atoms with Crippen LogP contribution in [0, 0.1) is 0 Å². The summed E-state index contributed by atoms with van der Waals surface area (Å²) in [5.74, 6) is -0.893. The van der Waals surface area contributed by atoms with Crippen LogP contribution in [0.25, 0.3) is 0 Å². The van der Waals surface area contributed by atoms with Crippen LogP contribution in [0.5, 0.6) is 0 Å². The molecule has 0 heterocycles. The summed E-state index contributed by atoms with van der Waals surface area (Å²) < 4.78 is 0. The van der Waals surface area contributed by atoms with Gasteiger partial charge in [-0.3, -0.25) is 4.90 Å². The summed E-state index contributed by atoms with van der Waals surface area (Å²) in [4.78, 5) is 13.2. The zero-order valence-corrected chi connectivity index (χ0v) is 11.8. The number of carboxylic acid groups (broad SMARTS) is 1. The van der Waals surface area contributed by atoms with Gasteiger partial charge < -0.3 is 10.2 Å². The number of benzene rings is 1. The summed E-state index contributed by atoms with van der Waals surface area (Å²) in [5.41, 5.74) is 1.43. The van der Waals surface area contributed by atoms with E-state index in [0.717, 1.165) is 12.1 Å². The van der Waals surface area contributed by atoms with E-state index in [-0.39, 0.29) is 6.61 Å². The van der Waals surface area contributed by atoms with Gasteiger partial charge in [-0.1, -0.05) is 31.4 Å². The molecule has 1 aromatic rings. The average molecular weight is 277 g/mol. The Bertz CT molecular complexity index is 424. The van der Waals surface area contributed by atoms with Gasteiger partial charge in [0.05, 0.1) is 12.2 Å². The molecule has 0 radical (unpaired) electrons. The standard InChI is InChI=1S/C16H23NO3/c18-11-10-17(15-4-2-1-3-5-15)12-13-6-8-14(9-7-13)16(19)20/h6-9,15,18H,1-5,10-12H2,(H,19,20). The van der Waals surface area contributed by atoms with Crippen LogP contribution >= 0.6 is 0 Å². The maximum Gasteiger partial charge on any atom is 0.335 e. The number of carboxylic acids is 1. The van der Waals surface area contributed by atoms with Crippen molar-refractivity contribution in [2.45, 2.75) is 44.7 Å². The fourth-order valence-corrected chi connectivity index (χ4v) is 2.95. The van der Waals surface area contributed by atoms with Gasteiger partial charge in [0.2, 0.25) is 0 Å². The molecule has 1 aliphatic rings. The van der Waals surface area contributed by atoms with Crippen LogP contribution in [0.4, 0.5) is 0 Å². The normalized spacial score (nSPS) is 16.5. The van der Waals surface area contributed by atoms with Crippen LogP contribution in [0.1, 0.15) is 48.0 Å². The van der Waals surface area contributed by atoms with Gasteiger partial charge in [-0.15, -0.1) is 0 Å². The molecule has 0 atom stereocenters. The first-order chi connectivity index (χ1) is 9.70. The van der Waals surface area contributed by atoms with Crippen LogP contribution in [-0.2, 0) is 6.54 Å². The molecule has 1 fully saturated rings. The van der Waals surface area contributed by atoms with E-state index in [1.807, 2.05) is 12.1 Å². The first-order valence-corrected chi connectivity index (χ1v) is 7.38. The SMILES string of the molecule is O=C(O)c1ccc(CN(CCO)C2CCCCC2)cc1. The monoisotopic (exact) mass is 277 g/mol. The van der Waals surface area contributed by atoms with Crippen molar-refractivity contribution in [1.29, 1.82) is 0 Å². The van der Waals surface area contributed by atoms with Gasteiger partial charge in [-0.2, -0.15) is 0 Å². The topological polar surface area (TPSA) is 60.8 Å². The van der Waals surface area contributed by atoms with Crippen molar-refractivity contribution >= 4 is 5.97 Å². The Balaban J connectivity index is 2.01. The Morgan fingerprint density at radius 2 is 1.80 bits per heavy atom. The molecule has 1 saturated carbocycles. The lowest BCUT2D eigenvalue weighted by Gasteiger charge is -2.34. The van der Waals surface area contributed by atoms with E-state index >= 15 is 0 Å². The van der Waals surface area contributed by atoms with Gasteiger partial charge in [0, 0.05) is 19.1 Å². The quantitative estimate of drug-likeness (QED) is 0.838. The zero-order chi connectivity index (χ0) is 14.4. The third kappa shape index (κ3) is 4.05. The van der Waals surface area contributed by atoms with Crippen molar-refractivity contribution in [2.24, 2.45) is 0 Å². The Morgan fingerprint density at radius 1 is 1.15 bits per heavy atom. The zero-order valence-electron chi connectivity index (χ0n) is 11.8. The van der Waals surface area contributed by atoms with Crippen molar-refractivity contribution in [3.05, 3.63) is 35.4 Å². The highest BCUT2D eigenvalue weighted by atomic mass is 16.4. The highest BCUT2D eigenvalue weighted by Gasteiger charge is 2.20. The van der Waals surface area contributed by atoms with Gasteiger partial charge in [-0.05, 0) is 30.5 Å². The molecule has 2 N–H and O–H groups in total. The van der Waals surface area contributed by atoms with Crippen LogP contribution < -0.4 is 0 Å². The second-order valence-corrected chi connectivity index (χ2v) is 5.49. The lowest BCUT2D eigenvalue weighted by molar-refractivity contribution is 0.0697. The smallest absolute Gasteiger partial charge is 0.335 e. The van der Waals surface area contributed by atoms with Crippen molar-refractivity contribution in [1.82, 2.24) is 4.90 Å². The Labute approximate surface area is 120 Å². The average Bonchev–Trinajstić information content (AvgIpc) is 2.48. The summed E-state index contributed by atoms with van der Waals surface area (Å²) >= 11 is 0. The van der Waals surface area contributed by atoms with E-state index in [2.05, 4.69) is 4.90 Å². The van der Waals surface area contributed by atoms with Crippen molar-refractivity contribution in [3.8, 4) is 0 Å². The molecule has 110 valence electrons. The number of aliphatic hydroxyl groups is 1. The second kappa shape index (κ2) is 7.41. The van der Waals surface area contributed by atoms with E-state index in [1.165, 1.54) is 32.1 Å². The van der Waals surface area contributed by atoms with Gasteiger partial charge in [0.15, 0.2) is 0 Å². The molecule has 0 saturated heterocycles. The van der Waals surface area contributed by atoms with Crippen molar-refractivity contribution in [2.75, 3.05) is 13.2 Å². The molecule has 0 spiro atoms. The maximum absolute atomic E-state index is 10.8. The summed E-state index contributed by atoms with van der Waals surface area (Å²) in [6, 6.07) is 7.59. The first-order valence-electron chi connectivity index (χ1n) is 7.38. The molecule has 4 heteroatoms.